The molecule has 0 heterocycles. The van der Waals surface area contributed by atoms with Crippen LogP contribution in [0.5, 0.6) is 0 Å². The minimum Gasteiger partial charge on any atom is -0.166 e. The van der Waals surface area contributed by atoms with Crippen LogP contribution in [-0.2, 0) is 6.18 Å². The summed E-state index contributed by atoms with van der Waals surface area (Å²) < 4.78 is 43.2. The van der Waals surface area contributed by atoms with Crippen molar-refractivity contribution in [2.24, 2.45) is 0 Å². The third-order valence-electron chi connectivity index (χ3n) is 1.42. The zero-order valence-corrected chi connectivity index (χ0v) is 6.15. The second-order valence-electron chi connectivity index (χ2n) is 2.25. The first kappa shape index (κ1) is 7.40. The first-order chi connectivity index (χ1) is 5.91. The minimum absolute atomic E-state index is 0.00808. The van der Waals surface area contributed by atoms with Gasteiger partial charge in [0.15, 0.2) is 0 Å². The molecule has 0 aliphatic rings. The van der Waals surface area contributed by atoms with E-state index in [2.05, 4.69) is 6.58 Å². The summed E-state index contributed by atoms with van der Waals surface area (Å²) in [5, 5.41) is 0. The van der Waals surface area contributed by atoms with E-state index in [1.165, 1.54) is 12.1 Å². The van der Waals surface area contributed by atoms with Crippen molar-refractivity contribution >= 4 is 6.05 Å². The Bertz CT molecular complexity index is 311. The average molecular weight is 173 g/mol. The SMILES string of the molecule is [2H]C(=C)c1ccc(C(F)(F)F)cc1. The Balaban J connectivity index is 3.01. The summed E-state index contributed by atoms with van der Waals surface area (Å²) in [7, 11) is 0. The zero-order chi connectivity index (χ0) is 10.1. The summed E-state index contributed by atoms with van der Waals surface area (Å²) in [5.41, 5.74) is -0.314. The molecule has 0 saturated heterocycles. The molecule has 64 valence electrons. The summed E-state index contributed by atoms with van der Waals surface area (Å²) in [6.07, 6.45) is -4.32. The van der Waals surface area contributed by atoms with E-state index in [0.717, 1.165) is 12.1 Å². The average Bonchev–Trinajstić information content (AvgIpc) is 2.03. The molecule has 0 aromatic heterocycles. The Hall–Kier alpha value is -1.25. The van der Waals surface area contributed by atoms with E-state index >= 15 is 0 Å². The van der Waals surface area contributed by atoms with E-state index in [9.17, 15) is 13.2 Å². The highest BCUT2D eigenvalue weighted by atomic mass is 19.4. The predicted molar refractivity (Wildman–Crippen MR) is 41.5 cm³/mol. The molecular weight excluding hydrogens is 165 g/mol. The standard InChI is InChI=1S/C9H7F3/c1-2-7-3-5-8(6-4-7)9(10,11)12/h2-6H,1H2/i2D. The van der Waals surface area contributed by atoms with Gasteiger partial charge in [-0.25, -0.2) is 0 Å². The van der Waals surface area contributed by atoms with Gasteiger partial charge in [-0.1, -0.05) is 24.8 Å². The van der Waals surface area contributed by atoms with E-state index in [1.807, 2.05) is 0 Å². The summed E-state index contributed by atoms with van der Waals surface area (Å²) in [4.78, 5) is 0. The molecule has 0 saturated carbocycles. The normalized spacial score (nSPS) is 12.4. The molecule has 12 heavy (non-hydrogen) atoms. The van der Waals surface area contributed by atoms with E-state index in [0.29, 0.717) is 5.56 Å². The smallest absolute Gasteiger partial charge is 0.166 e. The number of benzene rings is 1. The quantitative estimate of drug-likeness (QED) is 0.610. The van der Waals surface area contributed by atoms with Gasteiger partial charge in [0.25, 0.3) is 0 Å². The molecule has 0 atom stereocenters. The molecule has 0 fully saturated rings. The van der Waals surface area contributed by atoms with Crippen LogP contribution in [0, 0.1) is 0 Å². The third kappa shape index (κ3) is 1.87. The fourth-order valence-electron chi connectivity index (χ4n) is 0.777. The van der Waals surface area contributed by atoms with Gasteiger partial charge in [0, 0.05) is 0 Å². The predicted octanol–water partition coefficient (Wildman–Crippen LogP) is 3.35. The lowest BCUT2D eigenvalue weighted by molar-refractivity contribution is -0.137. The van der Waals surface area contributed by atoms with Crippen LogP contribution in [0.3, 0.4) is 0 Å². The van der Waals surface area contributed by atoms with Crippen molar-refractivity contribution in [1.82, 2.24) is 0 Å². The molecule has 0 aliphatic heterocycles. The van der Waals surface area contributed by atoms with Gasteiger partial charge < -0.3 is 0 Å². The summed E-state index contributed by atoms with van der Waals surface area (Å²) in [5.74, 6) is 0. The topological polar surface area (TPSA) is 0 Å². The largest absolute Gasteiger partial charge is 0.416 e. The molecule has 0 unspecified atom stereocenters. The van der Waals surface area contributed by atoms with Crippen molar-refractivity contribution in [3.8, 4) is 0 Å². The first-order valence-corrected chi connectivity index (χ1v) is 3.24. The second kappa shape index (κ2) is 3.01. The molecule has 0 amide bonds. The molecule has 3 heteroatoms. The summed E-state index contributed by atoms with van der Waals surface area (Å²) in [6, 6.07) is 4.36. The van der Waals surface area contributed by atoms with Crippen LogP contribution in [0.1, 0.15) is 12.5 Å². The Labute approximate surface area is 69.7 Å². The van der Waals surface area contributed by atoms with E-state index < -0.39 is 11.7 Å². The number of halogens is 3. The maximum Gasteiger partial charge on any atom is 0.416 e. The van der Waals surface area contributed by atoms with E-state index in [-0.39, 0.29) is 6.05 Å². The first-order valence-electron chi connectivity index (χ1n) is 3.74. The van der Waals surface area contributed by atoms with Crippen LogP contribution in [0.4, 0.5) is 13.2 Å². The monoisotopic (exact) mass is 173 g/mol. The van der Waals surface area contributed by atoms with E-state index in [1.54, 1.807) is 0 Å². The van der Waals surface area contributed by atoms with Gasteiger partial charge in [-0.05, 0) is 17.7 Å². The maximum absolute atomic E-state index is 12.1. The summed E-state index contributed by atoms with van der Waals surface area (Å²) in [6.45, 7) is 3.30. The van der Waals surface area contributed by atoms with Gasteiger partial charge in [-0.2, -0.15) is 13.2 Å². The Kier molecular flexibility index (Phi) is 1.86. The molecule has 1 rings (SSSR count). The van der Waals surface area contributed by atoms with Gasteiger partial charge >= 0.3 is 6.18 Å². The van der Waals surface area contributed by atoms with Crippen molar-refractivity contribution < 1.29 is 14.5 Å². The Morgan fingerprint density at radius 2 is 1.75 bits per heavy atom. The molecule has 0 spiro atoms. The van der Waals surface area contributed by atoms with E-state index in [4.69, 9.17) is 1.37 Å². The van der Waals surface area contributed by atoms with Crippen LogP contribution < -0.4 is 0 Å². The fourth-order valence-corrected chi connectivity index (χ4v) is 0.777. The van der Waals surface area contributed by atoms with Crippen LogP contribution >= 0.6 is 0 Å². The lowest BCUT2D eigenvalue weighted by Gasteiger charge is -2.05. The second-order valence-corrected chi connectivity index (χ2v) is 2.25. The Morgan fingerprint density at radius 3 is 2.08 bits per heavy atom. The highest BCUT2D eigenvalue weighted by molar-refractivity contribution is 5.47. The number of hydrogen-bond donors (Lipinski definition) is 0. The van der Waals surface area contributed by atoms with Crippen molar-refractivity contribution in [3.63, 3.8) is 0 Å². The highest BCUT2D eigenvalue weighted by Crippen LogP contribution is 2.29. The molecule has 1 aromatic rings. The lowest BCUT2D eigenvalue weighted by atomic mass is 10.1. The fraction of sp³-hybridized carbons (Fsp3) is 0.111. The number of hydrogen-bond acceptors (Lipinski definition) is 0. The van der Waals surface area contributed by atoms with Crippen molar-refractivity contribution in [2.45, 2.75) is 6.18 Å². The molecule has 1 aromatic carbocycles. The van der Waals surface area contributed by atoms with Gasteiger partial charge in [0.1, 0.15) is 0 Å². The van der Waals surface area contributed by atoms with Crippen LogP contribution in [-0.4, -0.2) is 0 Å². The molecule has 0 aliphatic carbocycles. The van der Waals surface area contributed by atoms with Crippen LogP contribution in [0.25, 0.3) is 6.05 Å². The van der Waals surface area contributed by atoms with Crippen molar-refractivity contribution in [1.29, 1.82) is 0 Å². The van der Waals surface area contributed by atoms with Crippen molar-refractivity contribution in [3.05, 3.63) is 42.0 Å². The summed E-state index contributed by atoms with van der Waals surface area (Å²) >= 11 is 0. The minimum atomic E-state index is -4.32. The Morgan fingerprint density at radius 1 is 1.25 bits per heavy atom. The number of alkyl halides is 3. The number of rotatable bonds is 1. The van der Waals surface area contributed by atoms with Crippen LogP contribution in [0.2, 0.25) is 0 Å². The van der Waals surface area contributed by atoms with Gasteiger partial charge in [0.05, 0.1) is 6.93 Å². The molecule has 0 N–H and O–H groups in total. The lowest BCUT2D eigenvalue weighted by Crippen LogP contribution is -2.03. The highest BCUT2D eigenvalue weighted by Gasteiger charge is 2.29. The van der Waals surface area contributed by atoms with Crippen molar-refractivity contribution in [2.75, 3.05) is 0 Å². The third-order valence-corrected chi connectivity index (χ3v) is 1.42. The molecule has 0 radical (unpaired) electrons. The maximum atomic E-state index is 12.1. The molecule has 0 bridgehead atoms. The van der Waals surface area contributed by atoms with Gasteiger partial charge in [0.2, 0.25) is 0 Å². The van der Waals surface area contributed by atoms with Gasteiger partial charge in [-0.15, -0.1) is 0 Å². The van der Waals surface area contributed by atoms with Crippen LogP contribution in [0.15, 0.2) is 30.8 Å². The van der Waals surface area contributed by atoms with Gasteiger partial charge in [-0.3, -0.25) is 0 Å². The molecular formula is C9H7F3. The zero-order valence-electron chi connectivity index (χ0n) is 7.15. The molecule has 0 nitrogen and oxygen atoms in total.